The Balaban J connectivity index is 2.22. The van der Waals surface area contributed by atoms with Crippen molar-refractivity contribution in [2.45, 2.75) is 50.4 Å². The van der Waals surface area contributed by atoms with Crippen LogP contribution in [0.3, 0.4) is 0 Å². The number of hydrogen-bond donors (Lipinski definition) is 7. The fraction of sp³-hybridized carbons (Fsp3) is 0.706. The molecule has 0 saturated carbocycles. The molecule has 1 heterocycles. The second-order valence-electron chi connectivity index (χ2n) is 12.3. The topological polar surface area (TPSA) is 251 Å². The Hall–Kier alpha value is -3.46. The van der Waals surface area contributed by atoms with Crippen LogP contribution in [0.15, 0.2) is 24.3 Å². The van der Waals surface area contributed by atoms with Crippen LogP contribution in [0.25, 0.3) is 0 Å². The van der Waals surface area contributed by atoms with Gasteiger partial charge in [0, 0.05) is 59.0 Å². The third kappa shape index (κ3) is 15.3. The Morgan fingerprint density at radius 1 is 0.577 bits per heavy atom. The maximum Gasteiger partial charge on any atom is 0.323 e. The van der Waals surface area contributed by atoms with Gasteiger partial charge in [-0.3, -0.25) is 38.8 Å². The quantitative estimate of drug-likeness (QED) is 0.0627. The summed E-state index contributed by atoms with van der Waals surface area (Å²) >= 11 is 0. The maximum atomic E-state index is 12.7. The number of aliphatic carboxylic acids is 4. The molecule has 1 aliphatic heterocycles. The SMILES string of the molecule is CCOCCOCCOc1ccc(CCC[C@@H](C(=O)O)N2CCN(C(CO)C(=O)O)CCN(C(CO)C(=O)O)CCN(C(CO)C(=O)O)CC2)cc1. The molecule has 4 atom stereocenters. The predicted octanol–water partition coefficient (Wildman–Crippen LogP) is -1.55. The number of nitrogens with zero attached hydrogens (tertiary/aromatic N) is 4. The van der Waals surface area contributed by atoms with Crippen LogP contribution in [0, 0.1) is 0 Å². The van der Waals surface area contributed by atoms with Crippen molar-refractivity contribution in [2.24, 2.45) is 0 Å². The van der Waals surface area contributed by atoms with E-state index in [0.717, 1.165) is 5.56 Å². The predicted molar refractivity (Wildman–Crippen MR) is 185 cm³/mol. The zero-order valence-electron chi connectivity index (χ0n) is 29.8. The van der Waals surface area contributed by atoms with E-state index in [4.69, 9.17) is 14.2 Å². The first-order chi connectivity index (χ1) is 25.0. The lowest BCUT2D eigenvalue weighted by Crippen LogP contribution is -2.57. The molecule has 1 saturated heterocycles. The zero-order chi connectivity index (χ0) is 38.5. The van der Waals surface area contributed by atoms with Gasteiger partial charge in [-0.2, -0.15) is 0 Å². The summed E-state index contributed by atoms with van der Waals surface area (Å²) < 4.78 is 16.4. The van der Waals surface area contributed by atoms with Gasteiger partial charge in [-0.1, -0.05) is 12.1 Å². The Kier molecular flexibility index (Phi) is 21.2. The Bertz CT molecular complexity index is 1170. The van der Waals surface area contributed by atoms with Gasteiger partial charge in [-0.15, -0.1) is 0 Å². The maximum absolute atomic E-state index is 12.7. The molecule has 18 nitrogen and oxygen atoms in total. The molecule has 7 N–H and O–H groups in total. The van der Waals surface area contributed by atoms with Gasteiger partial charge in [0.05, 0.1) is 39.6 Å². The normalized spacial score (nSPS) is 18.4. The number of carboxylic acid groups (broad SMARTS) is 4. The molecule has 3 unspecified atom stereocenters. The molecule has 0 spiro atoms. The Labute approximate surface area is 303 Å². The van der Waals surface area contributed by atoms with Crippen molar-refractivity contribution in [1.82, 2.24) is 19.6 Å². The molecule has 18 heteroatoms. The smallest absolute Gasteiger partial charge is 0.323 e. The summed E-state index contributed by atoms with van der Waals surface area (Å²) in [5.41, 5.74) is 0.960. The van der Waals surface area contributed by atoms with Gasteiger partial charge in [0.2, 0.25) is 0 Å². The number of aliphatic hydroxyl groups excluding tert-OH is 3. The van der Waals surface area contributed by atoms with E-state index in [2.05, 4.69) is 0 Å². The highest BCUT2D eigenvalue weighted by Crippen LogP contribution is 2.17. The second-order valence-corrected chi connectivity index (χ2v) is 12.3. The molecule has 1 aromatic rings. The average molecular weight is 745 g/mol. The molecule has 1 aliphatic rings. The van der Waals surface area contributed by atoms with Gasteiger partial charge in [0.1, 0.15) is 36.5 Å². The summed E-state index contributed by atoms with van der Waals surface area (Å²) in [7, 11) is 0. The number of aliphatic hydroxyl groups is 3. The summed E-state index contributed by atoms with van der Waals surface area (Å²) in [6, 6.07) is 2.29. The molecular weight excluding hydrogens is 688 g/mol. The second kappa shape index (κ2) is 24.7. The molecule has 0 aromatic heterocycles. The van der Waals surface area contributed by atoms with Gasteiger partial charge in [0.15, 0.2) is 0 Å². The molecule has 0 radical (unpaired) electrons. The van der Waals surface area contributed by atoms with E-state index in [1.54, 1.807) is 4.90 Å². The number of ether oxygens (including phenoxy) is 3. The van der Waals surface area contributed by atoms with Crippen molar-refractivity contribution < 1.29 is 69.1 Å². The van der Waals surface area contributed by atoms with Crippen molar-refractivity contribution in [1.29, 1.82) is 0 Å². The van der Waals surface area contributed by atoms with E-state index in [1.165, 1.54) is 14.7 Å². The van der Waals surface area contributed by atoms with Gasteiger partial charge >= 0.3 is 23.9 Å². The molecular formula is C34H56N4O14. The summed E-state index contributed by atoms with van der Waals surface area (Å²) in [4.78, 5) is 54.6. The van der Waals surface area contributed by atoms with Gasteiger partial charge in [0.25, 0.3) is 0 Å². The molecule has 0 amide bonds. The Morgan fingerprint density at radius 3 is 1.31 bits per heavy atom. The zero-order valence-corrected chi connectivity index (χ0v) is 29.8. The average Bonchev–Trinajstić information content (AvgIpc) is 3.10. The van der Waals surface area contributed by atoms with E-state index in [-0.39, 0.29) is 58.8 Å². The lowest BCUT2D eigenvalue weighted by molar-refractivity contribution is -0.149. The molecule has 2 rings (SSSR count). The third-order valence-corrected chi connectivity index (χ3v) is 9.06. The van der Waals surface area contributed by atoms with Gasteiger partial charge in [-0.25, -0.2) is 0 Å². The van der Waals surface area contributed by atoms with Crippen molar-refractivity contribution in [2.75, 3.05) is 105 Å². The van der Waals surface area contributed by atoms with Gasteiger partial charge in [-0.05, 0) is 43.9 Å². The first-order valence-electron chi connectivity index (χ1n) is 17.5. The van der Waals surface area contributed by atoms with Crippen LogP contribution in [-0.2, 0) is 35.1 Å². The van der Waals surface area contributed by atoms with Crippen LogP contribution in [0.2, 0.25) is 0 Å². The first kappa shape index (κ1) is 44.7. The minimum absolute atomic E-state index is 0.0204. The number of hydrogen-bond acceptors (Lipinski definition) is 14. The number of carboxylic acids is 4. The monoisotopic (exact) mass is 744 g/mol. The molecule has 0 aliphatic carbocycles. The fourth-order valence-electron chi connectivity index (χ4n) is 6.07. The lowest BCUT2D eigenvalue weighted by Gasteiger charge is -2.39. The van der Waals surface area contributed by atoms with Crippen molar-refractivity contribution in [3.8, 4) is 5.75 Å². The van der Waals surface area contributed by atoms with Crippen molar-refractivity contribution >= 4 is 23.9 Å². The molecule has 0 bridgehead atoms. The van der Waals surface area contributed by atoms with E-state index in [0.29, 0.717) is 51.6 Å². The lowest BCUT2D eigenvalue weighted by atomic mass is 10.0. The van der Waals surface area contributed by atoms with Gasteiger partial charge < -0.3 is 50.0 Å². The van der Waals surface area contributed by atoms with Crippen LogP contribution < -0.4 is 4.74 Å². The highest BCUT2D eigenvalue weighted by atomic mass is 16.5. The number of rotatable bonds is 23. The highest BCUT2D eigenvalue weighted by molar-refractivity contribution is 5.75. The van der Waals surface area contributed by atoms with Crippen molar-refractivity contribution in [3.63, 3.8) is 0 Å². The molecule has 1 aromatic carbocycles. The summed E-state index contributed by atoms with van der Waals surface area (Å²) in [5.74, 6) is -4.43. The number of carbonyl (C=O) groups is 4. The van der Waals surface area contributed by atoms with Crippen molar-refractivity contribution in [3.05, 3.63) is 29.8 Å². The summed E-state index contributed by atoms with van der Waals surface area (Å²) in [6.45, 7) is 1.81. The minimum Gasteiger partial charge on any atom is -0.491 e. The summed E-state index contributed by atoms with van der Waals surface area (Å²) in [5, 5.41) is 69.5. The third-order valence-electron chi connectivity index (χ3n) is 9.06. The highest BCUT2D eigenvalue weighted by Gasteiger charge is 2.34. The number of benzene rings is 1. The van der Waals surface area contributed by atoms with Crippen LogP contribution in [0.5, 0.6) is 5.75 Å². The number of aryl methyl sites for hydroxylation is 1. The summed E-state index contributed by atoms with van der Waals surface area (Å²) in [6.07, 6.45) is 1.24. The van der Waals surface area contributed by atoms with E-state index in [9.17, 15) is 54.9 Å². The minimum atomic E-state index is -1.38. The standard InChI is InChI=1S/C34H56N4O14/c1-2-50-18-19-51-20-21-52-26-8-6-25(7-9-26)4-3-5-27(31(42)43)35-10-12-36(28(22-39)32(44)45)14-16-38(30(24-41)34(48)49)17-15-37(13-11-35)29(23-40)33(46)47/h6-9,27-30,39-41H,2-5,10-24H2,1H3,(H,42,43)(H,44,45)(H,46,47)(H,48,49)/t27-,28?,29?,30?/m0/s1. The molecule has 52 heavy (non-hydrogen) atoms. The van der Waals surface area contributed by atoms with E-state index >= 15 is 0 Å². The largest absolute Gasteiger partial charge is 0.491 e. The van der Waals surface area contributed by atoms with E-state index in [1.807, 2.05) is 31.2 Å². The van der Waals surface area contributed by atoms with E-state index < -0.39 is 67.9 Å². The molecule has 1 fully saturated rings. The van der Waals surface area contributed by atoms with Crippen LogP contribution in [0.4, 0.5) is 0 Å². The fourth-order valence-corrected chi connectivity index (χ4v) is 6.07. The molecule has 296 valence electrons. The Morgan fingerprint density at radius 2 is 0.942 bits per heavy atom. The van der Waals surface area contributed by atoms with Crippen LogP contribution >= 0.6 is 0 Å². The van der Waals surface area contributed by atoms with Crippen LogP contribution in [-0.4, -0.2) is 209 Å². The van der Waals surface area contributed by atoms with Crippen LogP contribution in [0.1, 0.15) is 25.3 Å². The first-order valence-corrected chi connectivity index (χ1v) is 17.5.